The number of nitrogens with one attached hydrogen (secondary N) is 2. The van der Waals surface area contributed by atoms with Gasteiger partial charge in [-0.3, -0.25) is 10.1 Å². The molecule has 1 aromatic heterocycles. The van der Waals surface area contributed by atoms with E-state index in [0.29, 0.717) is 0 Å². The van der Waals surface area contributed by atoms with Crippen molar-refractivity contribution in [1.29, 1.82) is 0 Å². The van der Waals surface area contributed by atoms with Gasteiger partial charge in [-0.1, -0.05) is 24.6 Å². The van der Waals surface area contributed by atoms with E-state index in [0.717, 1.165) is 17.1 Å². The smallest absolute Gasteiger partial charge is 0.241 e. The van der Waals surface area contributed by atoms with E-state index in [-0.39, 0.29) is 18.0 Å². The molecule has 2 rings (SSSR count). The van der Waals surface area contributed by atoms with Crippen LogP contribution in [0.25, 0.3) is 0 Å². The van der Waals surface area contributed by atoms with Crippen LogP contribution in [0.5, 0.6) is 0 Å². The van der Waals surface area contributed by atoms with Crippen molar-refractivity contribution >= 4 is 22.9 Å². The molecule has 1 aromatic carbocycles. The SMILES string of the molecule is CCC(NC(C)C(=O)Nc1ccc(C)cc1)c1nccs1. The number of hydrogen-bond donors (Lipinski definition) is 2. The standard InChI is InChI=1S/C16H21N3OS/c1-4-14(16-17-9-10-21-16)18-12(3)15(20)19-13-7-5-11(2)6-8-13/h5-10,12,14,18H,4H2,1-3H3,(H,19,20). The molecule has 0 bridgehead atoms. The maximum absolute atomic E-state index is 12.2. The molecular weight excluding hydrogens is 282 g/mol. The molecule has 2 N–H and O–H groups in total. The van der Waals surface area contributed by atoms with E-state index in [1.807, 2.05) is 43.5 Å². The number of benzene rings is 1. The zero-order valence-corrected chi connectivity index (χ0v) is 13.4. The number of aryl methyl sites for hydroxylation is 1. The Morgan fingerprint density at radius 1 is 1.33 bits per heavy atom. The van der Waals surface area contributed by atoms with Gasteiger partial charge < -0.3 is 5.32 Å². The van der Waals surface area contributed by atoms with Gasteiger partial charge in [-0.25, -0.2) is 4.98 Å². The summed E-state index contributed by atoms with van der Waals surface area (Å²) >= 11 is 1.61. The Hall–Kier alpha value is -1.72. The number of anilines is 1. The normalized spacial score (nSPS) is 13.7. The molecule has 2 unspecified atom stereocenters. The van der Waals surface area contributed by atoms with E-state index in [1.54, 1.807) is 17.5 Å². The lowest BCUT2D eigenvalue weighted by molar-refractivity contribution is -0.118. The van der Waals surface area contributed by atoms with Crippen LogP contribution in [0.3, 0.4) is 0 Å². The monoisotopic (exact) mass is 303 g/mol. The number of carbonyl (C=O) groups is 1. The van der Waals surface area contributed by atoms with Gasteiger partial charge in [0.25, 0.3) is 0 Å². The molecule has 0 saturated heterocycles. The molecule has 0 aliphatic rings. The second-order valence-corrected chi connectivity index (χ2v) is 6.00. The summed E-state index contributed by atoms with van der Waals surface area (Å²) in [6.07, 6.45) is 2.69. The second kappa shape index (κ2) is 7.33. The third kappa shape index (κ3) is 4.37. The van der Waals surface area contributed by atoms with Crippen LogP contribution in [0.15, 0.2) is 35.8 Å². The minimum Gasteiger partial charge on any atom is -0.325 e. The van der Waals surface area contributed by atoms with Crippen LogP contribution in [0.1, 0.15) is 36.9 Å². The van der Waals surface area contributed by atoms with Gasteiger partial charge in [0.2, 0.25) is 5.91 Å². The molecule has 21 heavy (non-hydrogen) atoms. The highest BCUT2D eigenvalue weighted by molar-refractivity contribution is 7.09. The Kier molecular flexibility index (Phi) is 5.47. The fraction of sp³-hybridized carbons (Fsp3) is 0.375. The molecule has 0 fully saturated rings. The molecule has 0 aliphatic heterocycles. The highest BCUT2D eigenvalue weighted by Crippen LogP contribution is 2.19. The van der Waals surface area contributed by atoms with Crippen molar-refractivity contribution in [2.45, 2.75) is 39.3 Å². The summed E-state index contributed by atoms with van der Waals surface area (Å²) in [5.41, 5.74) is 2.00. The number of hydrogen-bond acceptors (Lipinski definition) is 4. The van der Waals surface area contributed by atoms with E-state index in [9.17, 15) is 4.79 Å². The van der Waals surface area contributed by atoms with E-state index >= 15 is 0 Å². The van der Waals surface area contributed by atoms with E-state index < -0.39 is 0 Å². The third-order valence-corrected chi connectivity index (χ3v) is 4.21. The first-order chi connectivity index (χ1) is 10.1. The second-order valence-electron chi connectivity index (χ2n) is 5.07. The van der Waals surface area contributed by atoms with Crippen LogP contribution in [0.4, 0.5) is 5.69 Å². The maximum Gasteiger partial charge on any atom is 0.241 e. The zero-order chi connectivity index (χ0) is 15.2. The van der Waals surface area contributed by atoms with Crippen molar-refractivity contribution in [2.24, 2.45) is 0 Å². The fourth-order valence-electron chi connectivity index (χ4n) is 2.04. The Labute approximate surface area is 129 Å². The molecule has 1 amide bonds. The molecule has 0 radical (unpaired) electrons. The van der Waals surface area contributed by atoms with Crippen LogP contribution in [0.2, 0.25) is 0 Å². The van der Waals surface area contributed by atoms with Crippen molar-refractivity contribution in [3.8, 4) is 0 Å². The van der Waals surface area contributed by atoms with E-state index in [4.69, 9.17) is 0 Å². The number of nitrogens with zero attached hydrogens (tertiary/aromatic N) is 1. The first-order valence-electron chi connectivity index (χ1n) is 7.13. The predicted octanol–water partition coefficient (Wildman–Crippen LogP) is 3.52. The van der Waals surface area contributed by atoms with E-state index in [1.165, 1.54) is 5.56 Å². The first kappa shape index (κ1) is 15.7. The number of aromatic nitrogens is 1. The summed E-state index contributed by atoms with van der Waals surface area (Å²) in [6, 6.07) is 7.63. The zero-order valence-electron chi connectivity index (χ0n) is 12.6. The van der Waals surface area contributed by atoms with Gasteiger partial charge in [0.1, 0.15) is 5.01 Å². The van der Waals surface area contributed by atoms with Crippen molar-refractivity contribution in [3.05, 3.63) is 46.4 Å². The molecule has 0 aliphatic carbocycles. The lowest BCUT2D eigenvalue weighted by Gasteiger charge is -2.20. The Balaban J connectivity index is 1.94. The molecule has 2 atom stereocenters. The van der Waals surface area contributed by atoms with Crippen molar-refractivity contribution in [1.82, 2.24) is 10.3 Å². The van der Waals surface area contributed by atoms with Gasteiger partial charge in [-0.2, -0.15) is 0 Å². The van der Waals surface area contributed by atoms with Crippen LogP contribution in [-0.4, -0.2) is 16.9 Å². The Morgan fingerprint density at radius 3 is 2.62 bits per heavy atom. The highest BCUT2D eigenvalue weighted by Gasteiger charge is 2.19. The van der Waals surface area contributed by atoms with Crippen molar-refractivity contribution < 1.29 is 4.79 Å². The molecule has 2 aromatic rings. The molecule has 0 saturated carbocycles. The molecule has 1 heterocycles. The maximum atomic E-state index is 12.2. The summed E-state index contributed by atoms with van der Waals surface area (Å²) in [5, 5.41) is 9.24. The first-order valence-corrected chi connectivity index (χ1v) is 8.01. The number of rotatable bonds is 6. The summed E-state index contributed by atoms with van der Waals surface area (Å²) in [6.45, 7) is 5.99. The molecule has 112 valence electrons. The quantitative estimate of drug-likeness (QED) is 0.858. The van der Waals surface area contributed by atoms with E-state index in [2.05, 4.69) is 22.5 Å². The number of carbonyl (C=O) groups excluding carboxylic acids is 1. The molecule has 4 nitrogen and oxygen atoms in total. The minimum absolute atomic E-state index is 0.0335. The summed E-state index contributed by atoms with van der Waals surface area (Å²) in [4.78, 5) is 16.5. The molecule has 5 heteroatoms. The van der Waals surface area contributed by atoms with Gasteiger partial charge in [0.05, 0.1) is 12.1 Å². The lowest BCUT2D eigenvalue weighted by Crippen LogP contribution is -2.40. The summed E-state index contributed by atoms with van der Waals surface area (Å²) in [5.74, 6) is -0.0335. The highest BCUT2D eigenvalue weighted by atomic mass is 32.1. The van der Waals surface area contributed by atoms with Gasteiger partial charge in [-0.05, 0) is 32.4 Å². The number of thiazole rings is 1. The topological polar surface area (TPSA) is 54.0 Å². The molecular formula is C16H21N3OS. The Morgan fingerprint density at radius 2 is 2.05 bits per heavy atom. The lowest BCUT2D eigenvalue weighted by atomic mass is 10.2. The summed E-state index contributed by atoms with van der Waals surface area (Å²) < 4.78 is 0. The summed E-state index contributed by atoms with van der Waals surface area (Å²) in [7, 11) is 0. The number of amides is 1. The van der Waals surface area contributed by atoms with Gasteiger partial charge in [0.15, 0.2) is 0 Å². The predicted molar refractivity (Wildman–Crippen MR) is 87.6 cm³/mol. The average Bonchev–Trinajstić information content (AvgIpc) is 3.01. The van der Waals surface area contributed by atoms with Crippen LogP contribution < -0.4 is 10.6 Å². The van der Waals surface area contributed by atoms with Crippen molar-refractivity contribution in [2.75, 3.05) is 5.32 Å². The molecule has 0 spiro atoms. The van der Waals surface area contributed by atoms with Crippen LogP contribution in [0, 0.1) is 6.92 Å². The van der Waals surface area contributed by atoms with Gasteiger partial charge in [-0.15, -0.1) is 11.3 Å². The largest absolute Gasteiger partial charge is 0.325 e. The van der Waals surface area contributed by atoms with Gasteiger partial charge >= 0.3 is 0 Å². The van der Waals surface area contributed by atoms with Crippen LogP contribution >= 0.6 is 11.3 Å². The fourth-order valence-corrected chi connectivity index (χ4v) is 2.82. The Bertz CT molecular complexity index is 566. The van der Waals surface area contributed by atoms with Crippen molar-refractivity contribution in [3.63, 3.8) is 0 Å². The van der Waals surface area contributed by atoms with Gasteiger partial charge in [0, 0.05) is 17.3 Å². The third-order valence-electron chi connectivity index (χ3n) is 3.32. The van der Waals surface area contributed by atoms with Crippen LogP contribution in [-0.2, 0) is 4.79 Å². The average molecular weight is 303 g/mol. The minimum atomic E-state index is -0.278.